The molecule has 1 unspecified atom stereocenters. The largest absolute Gasteiger partial charge is 0.497 e. The summed E-state index contributed by atoms with van der Waals surface area (Å²) in [7, 11) is 1.63. The van der Waals surface area contributed by atoms with E-state index in [0.29, 0.717) is 18.3 Å². The van der Waals surface area contributed by atoms with E-state index in [1.165, 1.54) is 12.8 Å². The first-order chi connectivity index (χ1) is 9.69. The first-order valence-electron chi connectivity index (χ1n) is 7.33. The number of anilines is 1. The molecule has 0 saturated carbocycles. The number of carbonyl (C=O) groups is 1. The summed E-state index contributed by atoms with van der Waals surface area (Å²) in [5.41, 5.74) is 0.798. The number of hydrogen-bond donors (Lipinski definition) is 2. The van der Waals surface area contributed by atoms with Gasteiger partial charge in [0.1, 0.15) is 5.75 Å². The second-order valence-electron chi connectivity index (χ2n) is 5.55. The molecule has 0 radical (unpaired) electrons. The molecule has 1 amide bonds. The Morgan fingerprint density at radius 2 is 2.20 bits per heavy atom. The molecule has 1 aromatic carbocycles. The fourth-order valence-electron chi connectivity index (χ4n) is 2.79. The molecule has 2 rings (SSSR count). The van der Waals surface area contributed by atoms with Crippen LogP contribution in [0.3, 0.4) is 0 Å². The zero-order valence-electron chi connectivity index (χ0n) is 12.3. The smallest absolute Gasteiger partial charge is 0.224 e. The normalized spacial score (nSPS) is 17.5. The molecule has 110 valence electrons. The monoisotopic (exact) mass is 276 g/mol. The van der Waals surface area contributed by atoms with Crippen molar-refractivity contribution in [3.05, 3.63) is 24.3 Å². The molecule has 4 heteroatoms. The zero-order valence-corrected chi connectivity index (χ0v) is 12.3. The number of methoxy groups -OCH3 is 1. The number of nitrogens with one attached hydrogen (secondary N) is 2. The molecule has 1 saturated heterocycles. The van der Waals surface area contributed by atoms with Crippen molar-refractivity contribution in [3.8, 4) is 5.75 Å². The number of carbonyl (C=O) groups excluding carboxylic acids is 1. The molecule has 1 aliphatic heterocycles. The molecule has 20 heavy (non-hydrogen) atoms. The van der Waals surface area contributed by atoms with Crippen LogP contribution < -0.4 is 15.4 Å². The second kappa shape index (κ2) is 7.29. The first-order valence-corrected chi connectivity index (χ1v) is 7.33. The van der Waals surface area contributed by atoms with Crippen LogP contribution in [0.2, 0.25) is 0 Å². The number of rotatable bonds is 5. The van der Waals surface area contributed by atoms with Crippen LogP contribution >= 0.6 is 0 Å². The van der Waals surface area contributed by atoms with Crippen molar-refractivity contribution in [1.29, 1.82) is 0 Å². The average molecular weight is 276 g/mol. The predicted molar refractivity (Wildman–Crippen MR) is 81.0 cm³/mol. The molecule has 1 fully saturated rings. The predicted octanol–water partition coefficient (Wildman–Crippen LogP) is 2.66. The molecule has 4 nitrogen and oxygen atoms in total. The molecule has 0 spiro atoms. The maximum atomic E-state index is 12.1. The molecule has 1 heterocycles. The van der Waals surface area contributed by atoms with E-state index < -0.39 is 0 Å². The van der Waals surface area contributed by atoms with E-state index >= 15 is 0 Å². The van der Waals surface area contributed by atoms with Gasteiger partial charge in [-0.3, -0.25) is 4.79 Å². The molecular formula is C16H24N2O2. The van der Waals surface area contributed by atoms with Crippen LogP contribution in [-0.4, -0.2) is 26.1 Å². The lowest BCUT2D eigenvalue weighted by atomic mass is 9.84. The summed E-state index contributed by atoms with van der Waals surface area (Å²) >= 11 is 0. The van der Waals surface area contributed by atoms with Gasteiger partial charge in [0.05, 0.1) is 7.11 Å². The van der Waals surface area contributed by atoms with Gasteiger partial charge >= 0.3 is 0 Å². The van der Waals surface area contributed by atoms with Crippen LogP contribution in [0.25, 0.3) is 0 Å². The van der Waals surface area contributed by atoms with Gasteiger partial charge in [-0.05, 0) is 49.9 Å². The Balaban J connectivity index is 1.84. The van der Waals surface area contributed by atoms with Gasteiger partial charge in [-0.2, -0.15) is 0 Å². The molecule has 0 bridgehead atoms. The van der Waals surface area contributed by atoms with Crippen LogP contribution in [0.1, 0.15) is 26.2 Å². The van der Waals surface area contributed by atoms with Crippen molar-refractivity contribution in [3.63, 3.8) is 0 Å². The summed E-state index contributed by atoms with van der Waals surface area (Å²) in [6.07, 6.45) is 2.93. The van der Waals surface area contributed by atoms with Crippen molar-refractivity contribution in [2.24, 2.45) is 11.8 Å². The Kier molecular flexibility index (Phi) is 5.41. The minimum atomic E-state index is 0.0873. The summed E-state index contributed by atoms with van der Waals surface area (Å²) in [5, 5.41) is 6.31. The van der Waals surface area contributed by atoms with Crippen LogP contribution in [0, 0.1) is 11.8 Å². The quantitative estimate of drug-likeness (QED) is 0.869. The Bertz CT molecular complexity index is 442. The topological polar surface area (TPSA) is 50.4 Å². The summed E-state index contributed by atoms with van der Waals surface area (Å²) in [5.74, 6) is 1.94. The third-order valence-corrected chi connectivity index (χ3v) is 4.05. The summed E-state index contributed by atoms with van der Waals surface area (Å²) in [6.45, 7) is 4.33. The number of benzene rings is 1. The summed E-state index contributed by atoms with van der Waals surface area (Å²) in [6, 6.07) is 7.47. The Labute approximate surface area is 120 Å². The van der Waals surface area contributed by atoms with Crippen molar-refractivity contribution in [2.75, 3.05) is 25.5 Å². The van der Waals surface area contributed by atoms with E-state index in [9.17, 15) is 4.79 Å². The average Bonchev–Trinajstić information content (AvgIpc) is 2.48. The molecular weight excluding hydrogens is 252 g/mol. The van der Waals surface area contributed by atoms with Crippen LogP contribution in [0.4, 0.5) is 5.69 Å². The fourth-order valence-corrected chi connectivity index (χ4v) is 2.79. The Morgan fingerprint density at radius 1 is 1.45 bits per heavy atom. The number of hydrogen-bond acceptors (Lipinski definition) is 3. The highest BCUT2D eigenvalue weighted by Gasteiger charge is 2.21. The number of ether oxygens (including phenoxy) is 1. The van der Waals surface area contributed by atoms with E-state index in [4.69, 9.17) is 4.74 Å². The summed E-state index contributed by atoms with van der Waals surface area (Å²) in [4.78, 5) is 12.1. The highest BCUT2D eigenvalue weighted by atomic mass is 16.5. The van der Waals surface area contributed by atoms with Crippen LogP contribution in [-0.2, 0) is 4.79 Å². The van der Waals surface area contributed by atoms with E-state index in [-0.39, 0.29) is 5.91 Å². The first kappa shape index (κ1) is 14.9. The minimum absolute atomic E-state index is 0.0873. The van der Waals surface area contributed by atoms with Gasteiger partial charge in [0, 0.05) is 18.2 Å². The van der Waals surface area contributed by atoms with Gasteiger partial charge in [0.2, 0.25) is 5.91 Å². The Hall–Kier alpha value is -1.55. The molecule has 0 aliphatic carbocycles. The molecule has 2 N–H and O–H groups in total. The van der Waals surface area contributed by atoms with Gasteiger partial charge in [-0.15, -0.1) is 0 Å². The van der Waals surface area contributed by atoms with Gasteiger partial charge in [-0.25, -0.2) is 0 Å². The molecule has 0 aromatic heterocycles. The van der Waals surface area contributed by atoms with Crippen molar-refractivity contribution in [2.45, 2.75) is 26.2 Å². The van der Waals surface area contributed by atoms with Crippen LogP contribution in [0.5, 0.6) is 5.75 Å². The Morgan fingerprint density at radius 3 is 2.90 bits per heavy atom. The molecule has 1 atom stereocenters. The zero-order chi connectivity index (χ0) is 14.4. The van der Waals surface area contributed by atoms with E-state index in [1.807, 2.05) is 24.3 Å². The number of piperidine rings is 1. The van der Waals surface area contributed by atoms with Gasteiger partial charge in [0.25, 0.3) is 0 Å². The van der Waals surface area contributed by atoms with Gasteiger partial charge in [-0.1, -0.05) is 13.0 Å². The standard InChI is InChI=1S/C16H24N2O2/c1-12(13-6-8-17-9-7-13)10-16(19)18-14-4-3-5-15(11-14)20-2/h3-5,11-13,17H,6-10H2,1-2H3,(H,18,19). The maximum Gasteiger partial charge on any atom is 0.224 e. The summed E-state index contributed by atoms with van der Waals surface area (Å²) < 4.78 is 5.15. The molecule has 1 aliphatic rings. The van der Waals surface area contributed by atoms with Crippen molar-refractivity contribution < 1.29 is 9.53 Å². The van der Waals surface area contributed by atoms with Crippen LogP contribution in [0.15, 0.2) is 24.3 Å². The highest BCUT2D eigenvalue weighted by molar-refractivity contribution is 5.91. The van der Waals surface area contributed by atoms with Gasteiger partial charge in [0.15, 0.2) is 0 Å². The van der Waals surface area contributed by atoms with E-state index in [2.05, 4.69) is 17.6 Å². The van der Waals surface area contributed by atoms with Crippen molar-refractivity contribution >= 4 is 11.6 Å². The lowest BCUT2D eigenvalue weighted by Gasteiger charge is -2.27. The SMILES string of the molecule is COc1cccc(NC(=O)CC(C)C2CCNCC2)c1. The fraction of sp³-hybridized carbons (Fsp3) is 0.562. The second-order valence-corrected chi connectivity index (χ2v) is 5.55. The molecule has 1 aromatic rings. The lowest BCUT2D eigenvalue weighted by molar-refractivity contribution is -0.117. The van der Waals surface area contributed by atoms with Crippen molar-refractivity contribution in [1.82, 2.24) is 5.32 Å². The van der Waals surface area contributed by atoms with E-state index in [0.717, 1.165) is 24.5 Å². The van der Waals surface area contributed by atoms with Gasteiger partial charge < -0.3 is 15.4 Å². The third-order valence-electron chi connectivity index (χ3n) is 4.05. The maximum absolute atomic E-state index is 12.1. The number of amides is 1. The minimum Gasteiger partial charge on any atom is -0.497 e. The highest BCUT2D eigenvalue weighted by Crippen LogP contribution is 2.25. The lowest BCUT2D eigenvalue weighted by Crippen LogP contribution is -2.32. The van der Waals surface area contributed by atoms with E-state index in [1.54, 1.807) is 7.11 Å². The third kappa shape index (κ3) is 4.23.